The summed E-state index contributed by atoms with van der Waals surface area (Å²) in [6.45, 7) is 3.69. The van der Waals surface area contributed by atoms with Crippen molar-refractivity contribution in [1.82, 2.24) is 0 Å². The average Bonchev–Trinajstić information content (AvgIpc) is 2.06. The fourth-order valence-corrected chi connectivity index (χ4v) is 1.59. The lowest BCUT2D eigenvalue weighted by atomic mass is 10.1. The van der Waals surface area contributed by atoms with Crippen molar-refractivity contribution in [3.63, 3.8) is 0 Å². The molecule has 0 saturated carbocycles. The molecule has 0 bridgehead atoms. The number of alkyl halides is 1. The lowest BCUT2D eigenvalue weighted by Gasteiger charge is -2.33. The van der Waals surface area contributed by atoms with Gasteiger partial charge in [0.1, 0.15) is 0 Å². The third kappa shape index (κ3) is 3.42. The summed E-state index contributed by atoms with van der Waals surface area (Å²) in [4.78, 5) is 0. The molecule has 0 aromatic rings. The van der Waals surface area contributed by atoms with Gasteiger partial charge in [0, 0.05) is 11.8 Å². The third-order valence-corrected chi connectivity index (χ3v) is 2.68. The standard InChI is InChI=1S/C9H17BrO2/c1-9(12-8-4-6-10)5-2-3-7-11-9/h2-8H2,1H3/t9-/m1/s1. The molecule has 1 fully saturated rings. The monoisotopic (exact) mass is 236 g/mol. The molecular weight excluding hydrogens is 220 g/mol. The van der Waals surface area contributed by atoms with Crippen molar-refractivity contribution < 1.29 is 9.47 Å². The van der Waals surface area contributed by atoms with Crippen LogP contribution in [-0.4, -0.2) is 24.3 Å². The van der Waals surface area contributed by atoms with Crippen molar-refractivity contribution in [2.24, 2.45) is 0 Å². The van der Waals surface area contributed by atoms with E-state index in [-0.39, 0.29) is 5.79 Å². The molecule has 1 heterocycles. The SMILES string of the molecule is C[C@@]1(OCCCBr)CCCCO1. The van der Waals surface area contributed by atoms with Gasteiger partial charge in [0.05, 0.1) is 13.2 Å². The Hall–Kier alpha value is 0.400. The molecule has 0 unspecified atom stereocenters. The first kappa shape index (κ1) is 10.5. The van der Waals surface area contributed by atoms with Gasteiger partial charge in [-0.05, 0) is 26.2 Å². The minimum Gasteiger partial charge on any atom is -0.350 e. The van der Waals surface area contributed by atoms with Crippen molar-refractivity contribution in [1.29, 1.82) is 0 Å². The molecule has 1 saturated heterocycles. The quantitative estimate of drug-likeness (QED) is 0.552. The molecule has 0 aromatic heterocycles. The number of ether oxygens (including phenoxy) is 2. The summed E-state index contributed by atoms with van der Waals surface area (Å²) in [5, 5.41) is 1.00. The highest BCUT2D eigenvalue weighted by Crippen LogP contribution is 2.25. The minimum absolute atomic E-state index is 0.291. The third-order valence-electron chi connectivity index (χ3n) is 2.12. The van der Waals surface area contributed by atoms with Crippen LogP contribution in [0.1, 0.15) is 32.6 Å². The van der Waals surface area contributed by atoms with Crippen LogP contribution in [0.25, 0.3) is 0 Å². The lowest BCUT2D eigenvalue weighted by molar-refractivity contribution is -0.243. The van der Waals surface area contributed by atoms with E-state index in [1.54, 1.807) is 0 Å². The lowest BCUT2D eigenvalue weighted by Crippen LogP contribution is -2.36. The van der Waals surface area contributed by atoms with Gasteiger partial charge in [-0.15, -0.1) is 0 Å². The van der Waals surface area contributed by atoms with Crippen molar-refractivity contribution in [2.75, 3.05) is 18.5 Å². The van der Waals surface area contributed by atoms with E-state index >= 15 is 0 Å². The Morgan fingerprint density at radius 1 is 1.50 bits per heavy atom. The van der Waals surface area contributed by atoms with Crippen LogP contribution in [0.5, 0.6) is 0 Å². The number of hydrogen-bond acceptors (Lipinski definition) is 2. The Bertz CT molecular complexity index is 122. The molecule has 1 rings (SSSR count). The molecule has 3 heteroatoms. The Labute approximate surface area is 82.7 Å². The summed E-state index contributed by atoms with van der Waals surface area (Å²) in [5.74, 6) is -0.291. The maximum Gasteiger partial charge on any atom is 0.165 e. The largest absolute Gasteiger partial charge is 0.350 e. The fourth-order valence-electron chi connectivity index (χ4n) is 1.36. The molecule has 0 amide bonds. The first-order valence-electron chi connectivity index (χ1n) is 4.61. The summed E-state index contributed by atoms with van der Waals surface area (Å²) in [5.41, 5.74) is 0. The molecule has 0 N–H and O–H groups in total. The maximum absolute atomic E-state index is 5.66. The van der Waals surface area contributed by atoms with Crippen LogP contribution >= 0.6 is 15.9 Å². The molecule has 0 radical (unpaired) electrons. The zero-order valence-corrected chi connectivity index (χ0v) is 9.23. The minimum atomic E-state index is -0.291. The molecule has 12 heavy (non-hydrogen) atoms. The highest BCUT2D eigenvalue weighted by molar-refractivity contribution is 9.09. The smallest absolute Gasteiger partial charge is 0.165 e. The number of hydrogen-bond donors (Lipinski definition) is 0. The van der Waals surface area contributed by atoms with Crippen molar-refractivity contribution in [3.05, 3.63) is 0 Å². The first-order valence-corrected chi connectivity index (χ1v) is 5.73. The summed E-state index contributed by atoms with van der Waals surface area (Å²) in [7, 11) is 0. The van der Waals surface area contributed by atoms with E-state index in [2.05, 4.69) is 15.9 Å². The zero-order valence-electron chi connectivity index (χ0n) is 7.64. The summed E-state index contributed by atoms with van der Waals surface area (Å²) in [6.07, 6.45) is 4.50. The summed E-state index contributed by atoms with van der Waals surface area (Å²) < 4.78 is 11.2. The van der Waals surface area contributed by atoms with Gasteiger partial charge >= 0.3 is 0 Å². The molecular formula is C9H17BrO2. The second-order valence-corrected chi connectivity index (χ2v) is 4.12. The predicted molar refractivity (Wildman–Crippen MR) is 52.6 cm³/mol. The van der Waals surface area contributed by atoms with Crippen LogP contribution in [-0.2, 0) is 9.47 Å². The molecule has 1 aliphatic rings. The zero-order chi connectivity index (χ0) is 8.86. The van der Waals surface area contributed by atoms with Gasteiger partial charge in [-0.25, -0.2) is 0 Å². The van der Waals surface area contributed by atoms with E-state index in [4.69, 9.17) is 9.47 Å². The van der Waals surface area contributed by atoms with E-state index < -0.39 is 0 Å². The number of halogens is 1. The van der Waals surface area contributed by atoms with Gasteiger partial charge in [0.2, 0.25) is 0 Å². The topological polar surface area (TPSA) is 18.5 Å². The van der Waals surface area contributed by atoms with Gasteiger partial charge in [0.25, 0.3) is 0 Å². The van der Waals surface area contributed by atoms with Crippen LogP contribution in [0.3, 0.4) is 0 Å². The van der Waals surface area contributed by atoms with E-state index in [9.17, 15) is 0 Å². The van der Waals surface area contributed by atoms with E-state index in [1.807, 2.05) is 6.92 Å². The highest BCUT2D eigenvalue weighted by atomic mass is 79.9. The van der Waals surface area contributed by atoms with Crippen molar-refractivity contribution in [3.8, 4) is 0 Å². The molecule has 0 aliphatic carbocycles. The molecule has 0 spiro atoms. The van der Waals surface area contributed by atoms with Crippen LogP contribution in [0.15, 0.2) is 0 Å². The predicted octanol–water partition coefficient (Wildman–Crippen LogP) is 2.70. The van der Waals surface area contributed by atoms with Crippen LogP contribution in [0, 0.1) is 0 Å². The average molecular weight is 237 g/mol. The van der Waals surface area contributed by atoms with E-state index in [0.29, 0.717) is 0 Å². The maximum atomic E-state index is 5.66. The molecule has 1 atom stereocenters. The fraction of sp³-hybridized carbons (Fsp3) is 1.00. The molecule has 2 nitrogen and oxygen atoms in total. The van der Waals surface area contributed by atoms with Gasteiger partial charge in [-0.1, -0.05) is 15.9 Å². The summed E-state index contributed by atoms with van der Waals surface area (Å²) in [6, 6.07) is 0. The van der Waals surface area contributed by atoms with Crippen molar-refractivity contribution >= 4 is 15.9 Å². The molecule has 0 aromatic carbocycles. The van der Waals surface area contributed by atoms with Crippen LogP contribution in [0.4, 0.5) is 0 Å². The summed E-state index contributed by atoms with van der Waals surface area (Å²) >= 11 is 3.37. The normalized spacial score (nSPS) is 30.5. The second-order valence-electron chi connectivity index (χ2n) is 3.33. The molecule has 1 aliphatic heterocycles. The number of rotatable bonds is 4. The first-order chi connectivity index (χ1) is 5.77. The Balaban J connectivity index is 2.17. The van der Waals surface area contributed by atoms with Gasteiger partial charge in [0.15, 0.2) is 5.79 Å². The Morgan fingerprint density at radius 2 is 2.33 bits per heavy atom. The highest BCUT2D eigenvalue weighted by Gasteiger charge is 2.27. The Kier molecular flexibility index (Phi) is 4.54. The van der Waals surface area contributed by atoms with Gasteiger partial charge in [-0.2, -0.15) is 0 Å². The van der Waals surface area contributed by atoms with Gasteiger partial charge < -0.3 is 9.47 Å². The molecule has 72 valence electrons. The van der Waals surface area contributed by atoms with E-state index in [1.165, 1.54) is 12.8 Å². The Morgan fingerprint density at radius 3 is 2.92 bits per heavy atom. The van der Waals surface area contributed by atoms with Crippen molar-refractivity contribution in [2.45, 2.75) is 38.4 Å². The van der Waals surface area contributed by atoms with Crippen LogP contribution in [0.2, 0.25) is 0 Å². The van der Waals surface area contributed by atoms with E-state index in [0.717, 1.165) is 31.4 Å². The van der Waals surface area contributed by atoms with Gasteiger partial charge in [-0.3, -0.25) is 0 Å². The van der Waals surface area contributed by atoms with Crippen LogP contribution < -0.4 is 0 Å². The second kappa shape index (κ2) is 5.20.